The van der Waals surface area contributed by atoms with Gasteiger partial charge in [0.25, 0.3) is 0 Å². The second kappa shape index (κ2) is 7.97. The number of fused-ring (bicyclic) bond motifs is 1. The second-order valence-electron chi connectivity index (χ2n) is 6.98. The lowest BCUT2D eigenvalue weighted by molar-refractivity contribution is -0.118. The molecule has 2 amide bonds. The third-order valence-electron chi connectivity index (χ3n) is 4.51. The molecular formula is C20H22N2O4S2. The van der Waals surface area contributed by atoms with Crippen molar-refractivity contribution in [3.05, 3.63) is 47.5 Å². The number of hydrogen-bond acceptors (Lipinski definition) is 5. The average Bonchev–Trinajstić information content (AvgIpc) is 2.63. The van der Waals surface area contributed by atoms with Crippen molar-refractivity contribution in [2.45, 2.75) is 30.6 Å². The van der Waals surface area contributed by atoms with Gasteiger partial charge in [0, 0.05) is 16.5 Å². The monoisotopic (exact) mass is 418 g/mol. The lowest BCUT2D eigenvalue weighted by atomic mass is 10.1. The summed E-state index contributed by atoms with van der Waals surface area (Å²) < 4.78 is 25.6. The summed E-state index contributed by atoms with van der Waals surface area (Å²) in [6.07, 6.45) is 0. The molecule has 2 aromatic carbocycles. The fourth-order valence-corrected chi connectivity index (χ4v) is 5.25. The third kappa shape index (κ3) is 4.56. The van der Waals surface area contributed by atoms with Crippen molar-refractivity contribution in [3.63, 3.8) is 0 Å². The standard InChI is InChI=1S/C20H22N2O4S2/c1-12-4-5-13(2)16(8-12)22-20(24)14(3)11-28(25,26)15-6-7-18-17(9-15)21-19(23)10-27-18/h4-9,14H,10-11H2,1-3H3,(H,21,23)(H,22,24). The van der Waals surface area contributed by atoms with E-state index in [9.17, 15) is 18.0 Å². The van der Waals surface area contributed by atoms with Gasteiger partial charge in [-0.25, -0.2) is 8.42 Å². The van der Waals surface area contributed by atoms with Crippen LogP contribution >= 0.6 is 11.8 Å². The number of nitrogens with one attached hydrogen (secondary N) is 2. The van der Waals surface area contributed by atoms with Gasteiger partial charge >= 0.3 is 0 Å². The molecule has 1 aliphatic heterocycles. The molecule has 0 aromatic heterocycles. The van der Waals surface area contributed by atoms with Gasteiger partial charge in [-0.1, -0.05) is 19.1 Å². The van der Waals surface area contributed by atoms with Crippen LogP contribution < -0.4 is 10.6 Å². The highest BCUT2D eigenvalue weighted by atomic mass is 32.2. The molecule has 148 valence electrons. The van der Waals surface area contributed by atoms with Gasteiger partial charge in [0.05, 0.1) is 22.1 Å². The summed E-state index contributed by atoms with van der Waals surface area (Å²) in [6, 6.07) is 10.4. The van der Waals surface area contributed by atoms with Crippen molar-refractivity contribution >= 4 is 44.8 Å². The van der Waals surface area contributed by atoms with Gasteiger partial charge in [0.1, 0.15) is 0 Å². The molecule has 1 atom stereocenters. The van der Waals surface area contributed by atoms with Crippen molar-refractivity contribution in [1.29, 1.82) is 0 Å². The van der Waals surface area contributed by atoms with E-state index in [1.165, 1.54) is 23.9 Å². The predicted molar refractivity (Wildman–Crippen MR) is 112 cm³/mol. The molecule has 0 saturated carbocycles. The van der Waals surface area contributed by atoms with Crippen LogP contribution in [0.2, 0.25) is 0 Å². The first-order valence-electron chi connectivity index (χ1n) is 8.83. The van der Waals surface area contributed by atoms with E-state index in [2.05, 4.69) is 10.6 Å². The Labute approximate surface area is 169 Å². The molecule has 3 rings (SSSR count). The molecule has 0 saturated heterocycles. The molecule has 2 aromatic rings. The Morgan fingerprint density at radius 1 is 1.21 bits per heavy atom. The first-order chi connectivity index (χ1) is 13.2. The number of carbonyl (C=O) groups excluding carboxylic acids is 2. The Bertz CT molecular complexity index is 1050. The molecule has 1 heterocycles. The zero-order valence-corrected chi connectivity index (χ0v) is 17.5. The summed E-state index contributed by atoms with van der Waals surface area (Å²) in [5.41, 5.74) is 3.10. The number of thioether (sulfide) groups is 1. The van der Waals surface area contributed by atoms with E-state index < -0.39 is 15.8 Å². The maximum Gasteiger partial charge on any atom is 0.234 e. The van der Waals surface area contributed by atoms with E-state index in [1.54, 1.807) is 13.0 Å². The van der Waals surface area contributed by atoms with Crippen molar-refractivity contribution < 1.29 is 18.0 Å². The molecule has 28 heavy (non-hydrogen) atoms. The number of sulfone groups is 1. The van der Waals surface area contributed by atoms with Crippen LogP contribution in [-0.2, 0) is 19.4 Å². The fourth-order valence-electron chi connectivity index (χ4n) is 2.88. The van der Waals surface area contributed by atoms with Crippen LogP contribution in [0.4, 0.5) is 11.4 Å². The van der Waals surface area contributed by atoms with Crippen LogP contribution in [0.3, 0.4) is 0 Å². The van der Waals surface area contributed by atoms with Crippen molar-refractivity contribution in [3.8, 4) is 0 Å². The number of benzene rings is 2. The molecule has 0 fully saturated rings. The second-order valence-corrected chi connectivity index (χ2v) is 10.0. The van der Waals surface area contributed by atoms with Gasteiger partial charge in [-0.2, -0.15) is 0 Å². The van der Waals surface area contributed by atoms with E-state index >= 15 is 0 Å². The molecule has 1 aliphatic rings. The molecule has 0 aliphatic carbocycles. The van der Waals surface area contributed by atoms with Crippen LogP contribution in [0.5, 0.6) is 0 Å². The van der Waals surface area contributed by atoms with Gasteiger partial charge in [0.15, 0.2) is 9.84 Å². The third-order valence-corrected chi connectivity index (χ3v) is 7.50. The number of hydrogen-bond donors (Lipinski definition) is 2. The largest absolute Gasteiger partial charge is 0.326 e. The van der Waals surface area contributed by atoms with Gasteiger partial charge < -0.3 is 10.6 Å². The summed E-state index contributed by atoms with van der Waals surface area (Å²) in [5.74, 6) is -1.24. The topological polar surface area (TPSA) is 92.3 Å². The molecule has 2 N–H and O–H groups in total. The molecule has 0 radical (unpaired) electrons. The smallest absolute Gasteiger partial charge is 0.234 e. The summed E-state index contributed by atoms with van der Waals surface area (Å²) in [5, 5.41) is 5.51. The summed E-state index contributed by atoms with van der Waals surface area (Å²) >= 11 is 1.37. The Morgan fingerprint density at radius 2 is 1.96 bits per heavy atom. The summed E-state index contributed by atoms with van der Waals surface area (Å²) in [6.45, 7) is 5.40. The normalized spacial score (nSPS) is 14.8. The molecular weight excluding hydrogens is 396 g/mol. The number of anilines is 2. The quantitative estimate of drug-likeness (QED) is 0.776. The fraction of sp³-hybridized carbons (Fsp3) is 0.300. The Balaban J connectivity index is 1.74. The number of rotatable bonds is 5. The van der Waals surface area contributed by atoms with Crippen LogP contribution in [0, 0.1) is 19.8 Å². The van der Waals surface area contributed by atoms with E-state index in [0.29, 0.717) is 17.1 Å². The van der Waals surface area contributed by atoms with Crippen molar-refractivity contribution in [2.75, 3.05) is 22.1 Å². The highest BCUT2D eigenvalue weighted by molar-refractivity contribution is 8.00. The van der Waals surface area contributed by atoms with Crippen LogP contribution in [0.25, 0.3) is 0 Å². The minimum absolute atomic E-state index is 0.0976. The van der Waals surface area contributed by atoms with E-state index in [4.69, 9.17) is 0 Å². The first-order valence-corrected chi connectivity index (χ1v) is 11.5. The van der Waals surface area contributed by atoms with Crippen LogP contribution in [0.15, 0.2) is 46.2 Å². The average molecular weight is 419 g/mol. The zero-order chi connectivity index (χ0) is 20.5. The Hall–Kier alpha value is -2.32. The summed E-state index contributed by atoms with van der Waals surface area (Å²) in [7, 11) is -3.69. The minimum Gasteiger partial charge on any atom is -0.326 e. The molecule has 0 spiro atoms. The maximum absolute atomic E-state index is 12.8. The van der Waals surface area contributed by atoms with Crippen LogP contribution in [-0.4, -0.2) is 31.7 Å². The molecule has 0 bridgehead atoms. The van der Waals surface area contributed by atoms with E-state index in [0.717, 1.165) is 16.0 Å². The van der Waals surface area contributed by atoms with Gasteiger partial charge in [-0.15, -0.1) is 11.8 Å². The number of amides is 2. The van der Waals surface area contributed by atoms with Crippen molar-refractivity contribution in [2.24, 2.45) is 5.92 Å². The zero-order valence-electron chi connectivity index (χ0n) is 15.9. The van der Waals surface area contributed by atoms with Gasteiger partial charge in [-0.05, 0) is 49.2 Å². The van der Waals surface area contributed by atoms with Gasteiger partial charge in [0.2, 0.25) is 11.8 Å². The van der Waals surface area contributed by atoms with Gasteiger partial charge in [-0.3, -0.25) is 9.59 Å². The highest BCUT2D eigenvalue weighted by Crippen LogP contribution is 2.33. The Kier molecular flexibility index (Phi) is 5.81. The highest BCUT2D eigenvalue weighted by Gasteiger charge is 2.25. The molecule has 6 nitrogen and oxygen atoms in total. The lowest BCUT2D eigenvalue weighted by Gasteiger charge is -2.18. The number of carbonyl (C=O) groups is 2. The van der Waals surface area contributed by atoms with Crippen LogP contribution in [0.1, 0.15) is 18.1 Å². The van der Waals surface area contributed by atoms with E-state index in [1.807, 2.05) is 32.0 Å². The van der Waals surface area contributed by atoms with E-state index in [-0.39, 0.29) is 22.5 Å². The molecule has 1 unspecified atom stereocenters. The van der Waals surface area contributed by atoms with Crippen molar-refractivity contribution in [1.82, 2.24) is 0 Å². The Morgan fingerprint density at radius 3 is 2.71 bits per heavy atom. The molecule has 8 heteroatoms. The maximum atomic E-state index is 12.8. The predicted octanol–water partition coefficient (Wildman–Crippen LogP) is 3.40. The minimum atomic E-state index is -3.69. The SMILES string of the molecule is Cc1ccc(C)c(NC(=O)C(C)CS(=O)(=O)c2ccc3c(c2)NC(=O)CS3)c1. The number of aryl methyl sites for hydroxylation is 2. The summed E-state index contributed by atoms with van der Waals surface area (Å²) in [4.78, 5) is 25.0. The lowest BCUT2D eigenvalue weighted by Crippen LogP contribution is -2.27. The first kappa shape index (κ1) is 20.4.